The van der Waals surface area contributed by atoms with E-state index < -0.39 is 0 Å². The summed E-state index contributed by atoms with van der Waals surface area (Å²) in [4.78, 5) is 1.08. The van der Waals surface area contributed by atoms with Crippen molar-refractivity contribution in [3.63, 3.8) is 0 Å². The Labute approximate surface area is 125 Å². The molecule has 1 atom stereocenters. The van der Waals surface area contributed by atoms with Crippen molar-refractivity contribution in [2.45, 2.75) is 49.5 Å². The van der Waals surface area contributed by atoms with Crippen LogP contribution in [0.2, 0.25) is 0 Å². The maximum Gasteiger partial charge on any atom is 0.123 e. The third-order valence-electron chi connectivity index (χ3n) is 3.71. The Balaban J connectivity index is 1.92. The fraction of sp³-hybridized carbons (Fsp3) is 0.500. The van der Waals surface area contributed by atoms with Gasteiger partial charge in [-0.1, -0.05) is 24.5 Å². The molecular formula is C16H23FN2S. The Morgan fingerprint density at radius 3 is 2.65 bits per heavy atom. The molecule has 4 heteroatoms. The van der Waals surface area contributed by atoms with Crippen LogP contribution in [0.5, 0.6) is 0 Å². The van der Waals surface area contributed by atoms with Crippen molar-refractivity contribution < 1.29 is 4.39 Å². The number of rotatable bonds is 5. The summed E-state index contributed by atoms with van der Waals surface area (Å²) in [5, 5.41) is 0. The Bertz CT molecular complexity index is 431. The molecule has 1 aliphatic carbocycles. The molecule has 1 aromatic rings. The smallest absolute Gasteiger partial charge is 0.123 e. The molecule has 3 N–H and O–H groups in total. The van der Waals surface area contributed by atoms with E-state index in [1.807, 2.05) is 12.1 Å². The number of benzene rings is 1. The summed E-state index contributed by atoms with van der Waals surface area (Å²) >= 11 is 1.72. The molecule has 2 rings (SSSR count). The van der Waals surface area contributed by atoms with E-state index in [-0.39, 0.29) is 11.9 Å². The second-order valence-corrected chi connectivity index (χ2v) is 6.31. The number of thioether (sulfide) groups is 1. The average molecular weight is 294 g/mol. The van der Waals surface area contributed by atoms with Crippen LogP contribution in [0.15, 0.2) is 40.8 Å². The van der Waals surface area contributed by atoms with Crippen molar-refractivity contribution in [3.8, 4) is 0 Å². The summed E-state index contributed by atoms with van der Waals surface area (Å²) in [6.45, 7) is 0. The first-order valence-electron chi connectivity index (χ1n) is 7.33. The van der Waals surface area contributed by atoms with Crippen LogP contribution in [0.4, 0.5) is 4.39 Å². The molecule has 0 bridgehead atoms. The SMILES string of the molecule is NNC(CSc1ccc(F)cc1)/C1=C/CCCCCC1. The van der Waals surface area contributed by atoms with Crippen LogP contribution in [0, 0.1) is 5.82 Å². The Hall–Kier alpha value is -0.840. The van der Waals surface area contributed by atoms with Crippen LogP contribution in [0.3, 0.4) is 0 Å². The number of halogens is 1. The van der Waals surface area contributed by atoms with Crippen LogP contribution in [0.1, 0.15) is 38.5 Å². The zero-order valence-corrected chi connectivity index (χ0v) is 12.6. The van der Waals surface area contributed by atoms with Gasteiger partial charge in [-0.2, -0.15) is 0 Å². The summed E-state index contributed by atoms with van der Waals surface area (Å²) < 4.78 is 12.9. The molecule has 20 heavy (non-hydrogen) atoms. The van der Waals surface area contributed by atoms with Gasteiger partial charge in [0.1, 0.15) is 5.82 Å². The van der Waals surface area contributed by atoms with Gasteiger partial charge in [0.2, 0.25) is 0 Å². The predicted molar refractivity (Wildman–Crippen MR) is 84.0 cm³/mol. The van der Waals surface area contributed by atoms with Gasteiger partial charge in [0.25, 0.3) is 0 Å². The summed E-state index contributed by atoms with van der Waals surface area (Å²) in [5.74, 6) is 6.41. The van der Waals surface area contributed by atoms with Crippen LogP contribution >= 0.6 is 11.8 Å². The highest BCUT2D eigenvalue weighted by atomic mass is 32.2. The molecule has 0 fully saturated rings. The molecule has 0 amide bonds. The standard InChI is InChI=1S/C16H23FN2S/c17-14-8-10-15(11-9-14)20-12-16(19-18)13-6-4-2-1-3-5-7-13/h6,8-11,16,19H,1-5,7,12,18H2/b13-6+. The first kappa shape index (κ1) is 15.5. The van der Waals surface area contributed by atoms with Gasteiger partial charge in [-0.05, 0) is 49.9 Å². The van der Waals surface area contributed by atoms with E-state index in [1.54, 1.807) is 11.8 Å². The second kappa shape index (κ2) is 8.45. The second-order valence-electron chi connectivity index (χ2n) is 5.22. The quantitative estimate of drug-likeness (QED) is 0.373. The summed E-state index contributed by atoms with van der Waals surface area (Å²) in [6, 6.07) is 6.85. The number of allylic oxidation sites excluding steroid dienone is 1. The fourth-order valence-corrected chi connectivity index (χ4v) is 3.50. The van der Waals surface area contributed by atoms with E-state index in [0.717, 1.165) is 23.5 Å². The normalized spacial score (nSPS) is 20.6. The molecule has 0 heterocycles. The molecule has 0 aromatic heterocycles. The molecule has 1 aliphatic rings. The lowest BCUT2D eigenvalue weighted by molar-refractivity contribution is 0.567. The molecule has 0 aliphatic heterocycles. The van der Waals surface area contributed by atoms with E-state index >= 15 is 0 Å². The lowest BCUT2D eigenvalue weighted by Crippen LogP contribution is -2.38. The first-order valence-corrected chi connectivity index (χ1v) is 8.31. The molecule has 0 radical (unpaired) electrons. The van der Waals surface area contributed by atoms with E-state index in [2.05, 4.69) is 11.5 Å². The topological polar surface area (TPSA) is 38.0 Å². The highest BCUT2D eigenvalue weighted by molar-refractivity contribution is 7.99. The van der Waals surface area contributed by atoms with Gasteiger partial charge in [-0.25, -0.2) is 4.39 Å². The Morgan fingerprint density at radius 1 is 1.15 bits per heavy atom. The van der Waals surface area contributed by atoms with Crippen LogP contribution in [-0.2, 0) is 0 Å². The summed E-state index contributed by atoms with van der Waals surface area (Å²) in [7, 11) is 0. The molecule has 2 nitrogen and oxygen atoms in total. The van der Waals surface area contributed by atoms with E-state index in [4.69, 9.17) is 5.84 Å². The average Bonchev–Trinajstić information content (AvgIpc) is 2.43. The van der Waals surface area contributed by atoms with Gasteiger partial charge < -0.3 is 0 Å². The van der Waals surface area contributed by atoms with Gasteiger partial charge in [0.15, 0.2) is 0 Å². The number of nitrogens with one attached hydrogen (secondary N) is 1. The van der Waals surface area contributed by atoms with E-state index in [9.17, 15) is 4.39 Å². The van der Waals surface area contributed by atoms with Gasteiger partial charge in [-0.3, -0.25) is 11.3 Å². The van der Waals surface area contributed by atoms with Crippen molar-refractivity contribution in [1.82, 2.24) is 5.43 Å². The molecule has 0 saturated carbocycles. The lowest BCUT2D eigenvalue weighted by atomic mass is 9.96. The van der Waals surface area contributed by atoms with Gasteiger partial charge in [0.05, 0.1) is 6.04 Å². The zero-order chi connectivity index (χ0) is 14.2. The third-order valence-corrected chi connectivity index (χ3v) is 4.81. The Morgan fingerprint density at radius 2 is 1.90 bits per heavy atom. The van der Waals surface area contributed by atoms with E-state index in [1.165, 1.54) is 43.4 Å². The van der Waals surface area contributed by atoms with Crippen molar-refractivity contribution >= 4 is 11.8 Å². The van der Waals surface area contributed by atoms with Crippen molar-refractivity contribution in [1.29, 1.82) is 0 Å². The molecule has 1 aromatic carbocycles. The monoisotopic (exact) mass is 294 g/mol. The minimum absolute atomic E-state index is 0.189. The van der Waals surface area contributed by atoms with Crippen LogP contribution in [0.25, 0.3) is 0 Å². The minimum Gasteiger partial charge on any atom is -0.271 e. The van der Waals surface area contributed by atoms with Crippen molar-refractivity contribution in [2.75, 3.05) is 5.75 Å². The molecule has 1 unspecified atom stereocenters. The number of nitrogens with two attached hydrogens (primary N) is 1. The molecule has 0 spiro atoms. The number of hydrazine groups is 1. The zero-order valence-electron chi connectivity index (χ0n) is 11.8. The van der Waals surface area contributed by atoms with E-state index in [0.29, 0.717) is 0 Å². The van der Waals surface area contributed by atoms with Crippen LogP contribution in [-0.4, -0.2) is 11.8 Å². The van der Waals surface area contributed by atoms with Gasteiger partial charge in [0, 0.05) is 10.6 Å². The maximum atomic E-state index is 12.9. The van der Waals surface area contributed by atoms with Crippen LogP contribution < -0.4 is 11.3 Å². The molecule has 110 valence electrons. The predicted octanol–water partition coefficient (Wildman–Crippen LogP) is 4.03. The number of hydrogen-bond acceptors (Lipinski definition) is 3. The summed E-state index contributed by atoms with van der Waals surface area (Å²) in [6.07, 6.45) is 9.86. The molecular weight excluding hydrogens is 271 g/mol. The van der Waals surface area contributed by atoms with Gasteiger partial charge >= 0.3 is 0 Å². The largest absolute Gasteiger partial charge is 0.271 e. The van der Waals surface area contributed by atoms with Gasteiger partial charge in [-0.15, -0.1) is 11.8 Å². The highest BCUT2D eigenvalue weighted by Gasteiger charge is 2.14. The number of hydrogen-bond donors (Lipinski definition) is 2. The van der Waals surface area contributed by atoms with Crippen molar-refractivity contribution in [2.24, 2.45) is 5.84 Å². The fourth-order valence-electron chi connectivity index (χ4n) is 2.51. The highest BCUT2D eigenvalue weighted by Crippen LogP contribution is 2.24. The Kier molecular flexibility index (Phi) is 6.57. The lowest BCUT2D eigenvalue weighted by Gasteiger charge is -2.21. The molecule has 0 saturated heterocycles. The van der Waals surface area contributed by atoms with Crippen molar-refractivity contribution in [3.05, 3.63) is 41.7 Å². The third kappa shape index (κ3) is 4.93. The minimum atomic E-state index is -0.189. The first-order chi connectivity index (χ1) is 9.79. The summed E-state index contributed by atoms with van der Waals surface area (Å²) in [5.41, 5.74) is 4.37. The maximum absolute atomic E-state index is 12.9.